The Labute approximate surface area is 79.4 Å². The topological polar surface area (TPSA) is 51.8 Å². The summed E-state index contributed by atoms with van der Waals surface area (Å²) in [6, 6.07) is -0.0550. The Kier molecular flexibility index (Phi) is 2.66. The second kappa shape index (κ2) is 3.42. The number of nitrogens with zero attached hydrogens (tertiary/aromatic N) is 2. The quantitative estimate of drug-likeness (QED) is 0.715. The van der Waals surface area contributed by atoms with Crippen molar-refractivity contribution in [3.05, 3.63) is 23.8 Å². The summed E-state index contributed by atoms with van der Waals surface area (Å²) in [5.41, 5.74) is 7.83. The molecular weight excluding hydrogens is 162 g/mol. The molecule has 2 N–H and O–H groups in total. The lowest BCUT2D eigenvalue weighted by molar-refractivity contribution is 0.320. The number of hydrogen-bond donors (Lipinski definition) is 1. The zero-order valence-electron chi connectivity index (χ0n) is 8.70. The van der Waals surface area contributed by atoms with Gasteiger partial charge in [0.05, 0.1) is 23.6 Å². The molecule has 3 nitrogen and oxygen atoms in total. The van der Waals surface area contributed by atoms with Gasteiger partial charge < -0.3 is 5.73 Å². The molecule has 13 heavy (non-hydrogen) atoms. The Morgan fingerprint density at radius 1 is 1.23 bits per heavy atom. The highest BCUT2D eigenvalue weighted by Gasteiger charge is 2.23. The van der Waals surface area contributed by atoms with Crippen LogP contribution in [0.15, 0.2) is 12.4 Å². The first-order valence-corrected chi connectivity index (χ1v) is 4.45. The number of aromatic nitrogens is 2. The van der Waals surface area contributed by atoms with Gasteiger partial charge in [-0.05, 0) is 12.3 Å². The molecule has 0 fully saturated rings. The molecule has 1 rings (SSSR count). The predicted molar refractivity (Wildman–Crippen MR) is 53.2 cm³/mol. The average Bonchev–Trinajstić information content (AvgIpc) is 2.03. The third-order valence-electron chi connectivity index (χ3n) is 2.05. The van der Waals surface area contributed by atoms with Gasteiger partial charge >= 0.3 is 0 Å². The van der Waals surface area contributed by atoms with E-state index in [1.807, 2.05) is 6.92 Å². The van der Waals surface area contributed by atoms with Crippen LogP contribution in [0.4, 0.5) is 0 Å². The van der Waals surface area contributed by atoms with Gasteiger partial charge in [0.15, 0.2) is 0 Å². The van der Waals surface area contributed by atoms with Crippen LogP contribution in [0, 0.1) is 12.3 Å². The first-order valence-electron chi connectivity index (χ1n) is 4.45. The summed E-state index contributed by atoms with van der Waals surface area (Å²) in [5, 5.41) is 0. The Morgan fingerprint density at radius 3 is 2.23 bits per heavy atom. The summed E-state index contributed by atoms with van der Waals surface area (Å²) in [6.07, 6.45) is 3.51. The number of rotatable bonds is 1. The summed E-state index contributed by atoms with van der Waals surface area (Å²) < 4.78 is 0. The van der Waals surface area contributed by atoms with Crippen molar-refractivity contribution in [3.63, 3.8) is 0 Å². The molecule has 0 spiro atoms. The lowest BCUT2D eigenvalue weighted by Gasteiger charge is -2.26. The number of nitrogens with two attached hydrogens (primary N) is 1. The van der Waals surface area contributed by atoms with Crippen molar-refractivity contribution in [1.29, 1.82) is 0 Å². The van der Waals surface area contributed by atoms with E-state index >= 15 is 0 Å². The van der Waals surface area contributed by atoms with Gasteiger partial charge in [0, 0.05) is 6.20 Å². The van der Waals surface area contributed by atoms with Crippen LogP contribution in [0.5, 0.6) is 0 Å². The smallest absolute Gasteiger partial charge is 0.0759 e. The van der Waals surface area contributed by atoms with Crippen LogP contribution in [0.25, 0.3) is 0 Å². The SMILES string of the molecule is Cc1cnc(C(N)C(C)(C)C)cn1. The van der Waals surface area contributed by atoms with Gasteiger partial charge in [0.2, 0.25) is 0 Å². The van der Waals surface area contributed by atoms with Crippen LogP contribution < -0.4 is 5.73 Å². The maximum absolute atomic E-state index is 6.02. The third kappa shape index (κ3) is 2.49. The lowest BCUT2D eigenvalue weighted by Crippen LogP contribution is -2.27. The normalized spacial score (nSPS) is 14.2. The Morgan fingerprint density at radius 2 is 1.85 bits per heavy atom. The number of aryl methyl sites for hydroxylation is 1. The van der Waals surface area contributed by atoms with E-state index in [0.717, 1.165) is 11.4 Å². The van der Waals surface area contributed by atoms with Crippen molar-refractivity contribution in [2.24, 2.45) is 11.1 Å². The molecule has 0 aromatic carbocycles. The molecule has 72 valence electrons. The lowest BCUT2D eigenvalue weighted by atomic mass is 9.86. The molecule has 0 aliphatic carbocycles. The van der Waals surface area contributed by atoms with E-state index in [-0.39, 0.29) is 11.5 Å². The minimum atomic E-state index is -0.0550. The zero-order chi connectivity index (χ0) is 10.1. The van der Waals surface area contributed by atoms with E-state index in [1.165, 1.54) is 0 Å². The summed E-state index contributed by atoms with van der Waals surface area (Å²) in [6.45, 7) is 8.21. The minimum absolute atomic E-state index is 0.0317. The van der Waals surface area contributed by atoms with Gasteiger partial charge in [-0.1, -0.05) is 20.8 Å². The highest BCUT2D eigenvalue weighted by atomic mass is 14.8. The highest BCUT2D eigenvalue weighted by Crippen LogP contribution is 2.28. The van der Waals surface area contributed by atoms with Crippen molar-refractivity contribution in [1.82, 2.24) is 9.97 Å². The second-order valence-corrected chi connectivity index (χ2v) is 4.43. The van der Waals surface area contributed by atoms with E-state index < -0.39 is 0 Å². The zero-order valence-corrected chi connectivity index (χ0v) is 8.70. The second-order valence-electron chi connectivity index (χ2n) is 4.43. The van der Waals surface area contributed by atoms with Gasteiger partial charge in [0.25, 0.3) is 0 Å². The van der Waals surface area contributed by atoms with Gasteiger partial charge in [0.1, 0.15) is 0 Å². The molecule has 0 saturated carbocycles. The monoisotopic (exact) mass is 179 g/mol. The first kappa shape index (κ1) is 10.1. The summed E-state index contributed by atoms with van der Waals surface area (Å²) >= 11 is 0. The van der Waals surface area contributed by atoms with Crippen LogP contribution in [-0.4, -0.2) is 9.97 Å². The Balaban J connectivity index is 2.90. The van der Waals surface area contributed by atoms with Crippen molar-refractivity contribution in [2.45, 2.75) is 33.7 Å². The standard InChI is InChI=1S/C10H17N3/c1-7-5-13-8(6-12-7)9(11)10(2,3)4/h5-6,9H,11H2,1-4H3. The van der Waals surface area contributed by atoms with E-state index in [4.69, 9.17) is 5.73 Å². The molecule has 0 aliphatic rings. The Hall–Kier alpha value is -0.960. The molecule has 0 radical (unpaired) electrons. The third-order valence-corrected chi connectivity index (χ3v) is 2.05. The molecular formula is C10H17N3. The average molecular weight is 179 g/mol. The number of hydrogen-bond acceptors (Lipinski definition) is 3. The molecule has 0 bridgehead atoms. The van der Waals surface area contributed by atoms with Gasteiger partial charge in [-0.15, -0.1) is 0 Å². The van der Waals surface area contributed by atoms with Gasteiger partial charge in [-0.3, -0.25) is 9.97 Å². The predicted octanol–water partition coefficient (Wildman–Crippen LogP) is 1.83. The van der Waals surface area contributed by atoms with Crippen LogP contribution in [0.3, 0.4) is 0 Å². The van der Waals surface area contributed by atoms with Crippen molar-refractivity contribution < 1.29 is 0 Å². The fourth-order valence-electron chi connectivity index (χ4n) is 1.01. The summed E-state index contributed by atoms with van der Waals surface area (Å²) in [5.74, 6) is 0. The van der Waals surface area contributed by atoms with Crippen molar-refractivity contribution >= 4 is 0 Å². The maximum Gasteiger partial charge on any atom is 0.0759 e. The van der Waals surface area contributed by atoms with E-state index in [9.17, 15) is 0 Å². The molecule has 1 aromatic rings. The van der Waals surface area contributed by atoms with E-state index in [0.29, 0.717) is 0 Å². The van der Waals surface area contributed by atoms with Crippen LogP contribution in [0.1, 0.15) is 38.2 Å². The van der Waals surface area contributed by atoms with E-state index in [2.05, 4.69) is 30.7 Å². The molecule has 1 atom stereocenters. The van der Waals surface area contributed by atoms with Crippen molar-refractivity contribution in [3.8, 4) is 0 Å². The molecule has 1 heterocycles. The molecule has 0 aliphatic heterocycles. The van der Waals surface area contributed by atoms with Gasteiger partial charge in [-0.2, -0.15) is 0 Å². The highest BCUT2D eigenvalue weighted by molar-refractivity contribution is 5.07. The van der Waals surface area contributed by atoms with Crippen molar-refractivity contribution in [2.75, 3.05) is 0 Å². The summed E-state index contributed by atoms with van der Waals surface area (Å²) in [7, 11) is 0. The van der Waals surface area contributed by atoms with Gasteiger partial charge in [-0.25, -0.2) is 0 Å². The van der Waals surface area contributed by atoms with Crippen LogP contribution >= 0.6 is 0 Å². The minimum Gasteiger partial charge on any atom is -0.322 e. The first-order chi connectivity index (χ1) is 5.91. The molecule has 1 aromatic heterocycles. The largest absolute Gasteiger partial charge is 0.322 e. The van der Waals surface area contributed by atoms with Crippen LogP contribution in [0.2, 0.25) is 0 Å². The maximum atomic E-state index is 6.02. The molecule has 3 heteroatoms. The fraction of sp³-hybridized carbons (Fsp3) is 0.600. The Bertz CT molecular complexity index is 271. The fourth-order valence-corrected chi connectivity index (χ4v) is 1.01. The molecule has 0 saturated heterocycles. The molecule has 1 unspecified atom stereocenters. The van der Waals surface area contributed by atoms with E-state index in [1.54, 1.807) is 12.4 Å². The summed E-state index contributed by atoms with van der Waals surface area (Å²) in [4.78, 5) is 8.43. The molecule has 0 amide bonds. The van der Waals surface area contributed by atoms with Crippen LogP contribution in [-0.2, 0) is 0 Å².